The van der Waals surface area contributed by atoms with Crippen LogP contribution in [0.15, 0.2) is 18.2 Å². The lowest BCUT2D eigenvalue weighted by Gasteiger charge is -2.25. The zero-order valence-electron chi connectivity index (χ0n) is 11.4. The monoisotopic (exact) mass is 252 g/mol. The fraction of sp³-hybridized carbons (Fsp3) is 0.600. The number of aryl methyl sites for hydroxylation is 1. The van der Waals surface area contributed by atoms with Gasteiger partial charge in [-0.1, -0.05) is 19.1 Å². The number of rotatable bonds is 2. The summed E-state index contributed by atoms with van der Waals surface area (Å²) in [4.78, 5) is 0. The molecule has 1 heterocycles. The number of aliphatic hydroxyl groups is 1. The second-order valence-electron chi connectivity index (χ2n) is 5.44. The average Bonchev–Trinajstić information content (AvgIpc) is 2.56. The topological polar surface area (TPSA) is 29.5 Å². The minimum Gasteiger partial charge on any atom is -0.388 e. The Morgan fingerprint density at radius 3 is 2.39 bits per heavy atom. The first-order valence-corrected chi connectivity index (χ1v) is 6.51. The maximum atomic E-state index is 13.2. The number of aliphatic hydroxyl groups excluding tert-OH is 1. The van der Waals surface area contributed by atoms with Crippen LogP contribution >= 0.6 is 0 Å². The quantitative estimate of drug-likeness (QED) is 0.875. The average molecular weight is 252 g/mol. The van der Waals surface area contributed by atoms with Gasteiger partial charge >= 0.3 is 0 Å². The Hall–Kier alpha value is -0.930. The molecule has 100 valence electrons. The molecule has 0 radical (unpaired) electrons. The molecular weight excluding hydrogens is 231 g/mol. The standard InChI is InChI=1S/C15H21FO2/c1-8-7-12(5-6-13(8)16)15(17)14-9(2)10(3)18-11(14)4/h5-7,9-11,14-15,17H,1-4H3. The molecule has 0 aromatic heterocycles. The minimum absolute atomic E-state index is 0.0235. The first-order chi connectivity index (χ1) is 8.41. The fourth-order valence-corrected chi connectivity index (χ4v) is 2.91. The summed E-state index contributed by atoms with van der Waals surface area (Å²) in [7, 11) is 0. The van der Waals surface area contributed by atoms with E-state index < -0.39 is 6.10 Å². The van der Waals surface area contributed by atoms with Crippen molar-refractivity contribution < 1.29 is 14.2 Å². The van der Waals surface area contributed by atoms with Gasteiger partial charge in [0.05, 0.1) is 18.3 Å². The van der Waals surface area contributed by atoms with Crippen molar-refractivity contribution >= 4 is 0 Å². The van der Waals surface area contributed by atoms with Crippen LogP contribution in [-0.2, 0) is 4.74 Å². The lowest BCUT2D eigenvalue weighted by molar-refractivity contribution is 0.0231. The Bertz CT molecular complexity index is 433. The van der Waals surface area contributed by atoms with Crippen LogP contribution in [0.1, 0.15) is 38.0 Å². The maximum absolute atomic E-state index is 13.2. The summed E-state index contributed by atoms with van der Waals surface area (Å²) in [5, 5.41) is 10.5. The van der Waals surface area contributed by atoms with E-state index in [-0.39, 0.29) is 23.9 Å². The van der Waals surface area contributed by atoms with E-state index in [0.29, 0.717) is 11.5 Å². The van der Waals surface area contributed by atoms with Crippen LogP contribution in [0, 0.1) is 24.6 Å². The van der Waals surface area contributed by atoms with Crippen molar-refractivity contribution in [1.29, 1.82) is 0 Å². The third kappa shape index (κ3) is 2.29. The minimum atomic E-state index is -0.598. The van der Waals surface area contributed by atoms with Gasteiger partial charge in [-0.15, -0.1) is 0 Å². The molecule has 0 aliphatic carbocycles. The highest BCUT2D eigenvalue weighted by Crippen LogP contribution is 2.40. The first kappa shape index (κ1) is 13.5. The predicted octanol–water partition coefficient (Wildman–Crippen LogP) is 3.23. The molecule has 0 saturated carbocycles. The number of hydrogen-bond acceptors (Lipinski definition) is 2. The summed E-state index contributed by atoms with van der Waals surface area (Å²) in [5.74, 6) is 0.119. The summed E-state index contributed by atoms with van der Waals surface area (Å²) in [6.07, 6.45) is -0.421. The van der Waals surface area contributed by atoms with Gasteiger partial charge in [0.1, 0.15) is 5.82 Å². The highest BCUT2D eigenvalue weighted by molar-refractivity contribution is 5.26. The summed E-state index contributed by atoms with van der Waals surface area (Å²) >= 11 is 0. The van der Waals surface area contributed by atoms with Crippen LogP contribution in [0.25, 0.3) is 0 Å². The summed E-state index contributed by atoms with van der Waals surface area (Å²) in [6, 6.07) is 4.81. The molecule has 3 heteroatoms. The Balaban J connectivity index is 2.25. The van der Waals surface area contributed by atoms with E-state index in [1.807, 2.05) is 13.8 Å². The SMILES string of the molecule is Cc1cc(C(O)C2C(C)OC(C)C2C)ccc1F. The van der Waals surface area contributed by atoms with Crippen LogP contribution in [-0.4, -0.2) is 17.3 Å². The van der Waals surface area contributed by atoms with E-state index in [4.69, 9.17) is 4.74 Å². The predicted molar refractivity (Wildman–Crippen MR) is 68.8 cm³/mol. The molecule has 1 N–H and O–H groups in total. The van der Waals surface area contributed by atoms with Crippen LogP contribution in [0.3, 0.4) is 0 Å². The van der Waals surface area contributed by atoms with Crippen molar-refractivity contribution in [3.63, 3.8) is 0 Å². The molecule has 5 unspecified atom stereocenters. The maximum Gasteiger partial charge on any atom is 0.126 e. The van der Waals surface area contributed by atoms with E-state index in [1.54, 1.807) is 19.1 Å². The Morgan fingerprint density at radius 1 is 1.22 bits per heavy atom. The van der Waals surface area contributed by atoms with Crippen LogP contribution < -0.4 is 0 Å². The zero-order chi connectivity index (χ0) is 13.4. The fourth-order valence-electron chi connectivity index (χ4n) is 2.91. The van der Waals surface area contributed by atoms with Crippen molar-refractivity contribution in [2.75, 3.05) is 0 Å². The second-order valence-corrected chi connectivity index (χ2v) is 5.44. The molecular formula is C15H21FO2. The van der Waals surface area contributed by atoms with Gasteiger partial charge in [-0.25, -0.2) is 4.39 Å². The van der Waals surface area contributed by atoms with E-state index in [9.17, 15) is 9.50 Å². The van der Waals surface area contributed by atoms with E-state index in [0.717, 1.165) is 5.56 Å². The molecule has 1 aliphatic heterocycles. The molecule has 1 aromatic carbocycles. The van der Waals surface area contributed by atoms with Gasteiger partial charge in [0.15, 0.2) is 0 Å². The normalized spacial score (nSPS) is 33.7. The Kier molecular flexibility index (Phi) is 3.74. The van der Waals surface area contributed by atoms with Crippen LogP contribution in [0.4, 0.5) is 4.39 Å². The molecule has 18 heavy (non-hydrogen) atoms. The summed E-state index contributed by atoms with van der Waals surface area (Å²) in [6.45, 7) is 7.83. The van der Waals surface area contributed by atoms with Gasteiger partial charge in [0.25, 0.3) is 0 Å². The van der Waals surface area contributed by atoms with E-state index in [2.05, 4.69) is 6.92 Å². The van der Waals surface area contributed by atoms with Crippen molar-refractivity contribution in [2.24, 2.45) is 11.8 Å². The third-order valence-corrected chi connectivity index (χ3v) is 4.21. The van der Waals surface area contributed by atoms with Gasteiger partial charge < -0.3 is 9.84 Å². The molecule has 1 aromatic rings. The van der Waals surface area contributed by atoms with Crippen molar-refractivity contribution in [1.82, 2.24) is 0 Å². The zero-order valence-corrected chi connectivity index (χ0v) is 11.4. The number of halogens is 1. The molecule has 2 rings (SSSR count). The van der Waals surface area contributed by atoms with Gasteiger partial charge in [0.2, 0.25) is 0 Å². The summed E-state index contributed by atoms with van der Waals surface area (Å²) in [5.41, 5.74) is 1.34. The van der Waals surface area contributed by atoms with E-state index >= 15 is 0 Å². The molecule has 0 spiro atoms. The van der Waals surface area contributed by atoms with Gasteiger partial charge in [-0.3, -0.25) is 0 Å². The van der Waals surface area contributed by atoms with Crippen LogP contribution in [0.5, 0.6) is 0 Å². The van der Waals surface area contributed by atoms with E-state index in [1.165, 1.54) is 6.07 Å². The largest absolute Gasteiger partial charge is 0.388 e. The first-order valence-electron chi connectivity index (χ1n) is 6.51. The molecule has 2 nitrogen and oxygen atoms in total. The molecule has 1 aliphatic rings. The highest BCUT2D eigenvalue weighted by Gasteiger charge is 2.41. The summed E-state index contributed by atoms with van der Waals surface area (Å²) < 4.78 is 19.0. The molecule has 1 saturated heterocycles. The van der Waals surface area contributed by atoms with Gasteiger partial charge in [0, 0.05) is 5.92 Å². The number of benzene rings is 1. The number of ether oxygens (including phenoxy) is 1. The Morgan fingerprint density at radius 2 is 1.89 bits per heavy atom. The highest BCUT2D eigenvalue weighted by atomic mass is 19.1. The third-order valence-electron chi connectivity index (χ3n) is 4.21. The van der Waals surface area contributed by atoms with Crippen LogP contribution in [0.2, 0.25) is 0 Å². The lowest BCUT2D eigenvalue weighted by atomic mass is 9.82. The molecule has 1 fully saturated rings. The van der Waals surface area contributed by atoms with Gasteiger partial charge in [-0.2, -0.15) is 0 Å². The van der Waals surface area contributed by atoms with Crippen molar-refractivity contribution in [3.8, 4) is 0 Å². The van der Waals surface area contributed by atoms with Crippen molar-refractivity contribution in [2.45, 2.75) is 46.0 Å². The van der Waals surface area contributed by atoms with Gasteiger partial charge in [-0.05, 0) is 43.9 Å². The molecule has 0 amide bonds. The van der Waals surface area contributed by atoms with Crippen molar-refractivity contribution in [3.05, 3.63) is 35.1 Å². The molecule has 0 bridgehead atoms. The second kappa shape index (κ2) is 4.98. The number of hydrogen-bond donors (Lipinski definition) is 1. The smallest absolute Gasteiger partial charge is 0.126 e. The lowest BCUT2D eigenvalue weighted by Crippen LogP contribution is -2.25. The Labute approximate surface area is 108 Å². The molecule has 5 atom stereocenters.